The molecule has 0 radical (unpaired) electrons. The standard InChI is InChI=1S/C25H30N2O4/c1-17(2)27-22(18-8-6-5-7-9-18)25(24(27)29)12-14-26(15-13-25)23(28)20-11-10-19(30-3)16-21(20)31-4/h5-11,16-17,22H,12-15H2,1-4H3. The first-order chi connectivity index (χ1) is 14.9. The molecule has 4 rings (SSSR count). The van der Waals surface area contributed by atoms with Crippen LogP contribution in [-0.4, -0.2) is 55.0 Å². The summed E-state index contributed by atoms with van der Waals surface area (Å²) in [7, 11) is 3.13. The fourth-order valence-electron chi connectivity index (χ4n) is 5.08. The Hall–Kier alpha value is -3.02. The van der Waals surface area contributed by atoms with Crippen LogP contribution in [-0.2, 0) is 4.79 Å². The molecule has 6 heteroatoms. The number of carbonyl (C=O) groups is 2. The number of hydrogen-bond acceptors (Lipinski definition) is 4. The highest BCUT2D eigenvalue weighted by molar-refractivity contribution is 5.98. The molecule has 0 bridgehead atoms. The van der Waals surface area contributed by atoms with Crippen molar-refractivity contribution in [3.63, 3.8) is 0 Å². The number of piperidine rings is 1. The van der Waals surface area contributed by atoms with Crippen LogP contribution in [0.5, 0.6) is 11.5 Å². The molecular formula is C25H30N2O4. The van der Waals surface area contributed by atoms with Crippen LogP contribution in [0.3, 0.4) is 0 Å². The lowest BCUT2D eigenvalue weighted by Gasteiger charge is -2.60. The number of methoxy groups -OCH3 is 2. The van der Waals surface area contributed by atoms with Gasteiger partial charge < -0.3 is 19.3 Å². The van der Waals surface area contributed by atoms with E-state index in [4.69, 9.17) is 9.47 Å². The third-order valence-corrected chi connectivity index (χ3v) is 6.72. The molecular weight excluding hydrogens is 392 g/mol. The van der Waals surface area contributed by atoms with Crippen LogP contribution in [0.15, 0.2) is 48.5 Å². The maximum absolute atomic E-state index is 13.3. The van der Waals surface area contributed by atoms with Crippen molar-refractivity contribution in [3.05, 3.63) is 59.7 Å². The fraction of sp³-hybridized carbons (Fsp3) is 0.440. The molecule has 6 nitrogen and oxygen atoms in total. The smallest absolute Gasteiger partial charge is 0.257 e. The normalized spacial score (nSPS) is 20.0. The summed E-state index contributed by atoms with van der Waals surface area (Å²) in [5.74, 6) is 1.28. The van der Waals surface area contributed by atoms with E-state index < -0.39 is 5.41 Å². The fourth-order valence-corrected chi connectivity index (χ4v) is 5.08. The van der Waals surface area contributed by atoms with E-state index in [9.17, 15) is 9.59 Å². The van der Waals surface area contributed by atoms with Gasteiger partial charge in [0, 0.05) is 25.2 Å². The van der Waals surface area contributed by atoms with E-state index in [1.54, 1.807) is 32.4 Å². The molecule has 0 aliphatic carbocycles. The predicted octanol–water partition coefficient (Wildman–Crippen LogP) is 3.92. The maximum atomic E-state index is 13.3. The third kappa shape index (κ3) is 3.44. The Morgan fingerprint density at radius 1 is 1.03 bits per heavy atom. The first-order valence-electron chi connectivity index (χ1n) is 10.8. The molecule has 2 heterocycles. The summed E-state index contributed by atoms with van der Waals surface area (Å²) >= 11 is 0. The number of carbonyl (C=O) groups excluding carboxylic acids is 2. The van der Waals surface area contributed by atoms with E-state index in [0.29, 0.717) is 43.0 Å². The monoisotopic (exact) mass is 422 g/mol. The Morgan fingerprint density at radius 2 is 1.71 bits per heavy atom. The number of likely N-dealkylation sites (tertiary alicyclic amines) is 2. The van der Waals surface area contributed by atoms with Crippen molar-refractivity contribution in [2.24, 2.45) is 5.41 Å². The molecule has 1 unspecified atom stereocenters. The number of benzene rings is 2. The number of hydrogen-bond donors (Lipinski definition) is 0. The SMILES string of the molecule is COc1ccc(C(=O)N2CCC3(CC2)C(=O)N(C(C)C)C3c2ccccc2)c(OC)c1. The Labute approximate surface area is 183 Å². The largest absolute Gasteiger partial charge is 0.497 e. The van der Waals surface area contributed by atoms with Gasteiger partial charge in [0.05, 0.1) is 31.2 Å². The van der Waals surface area contributed by atoms with Gasteiger partial charge in [-0.3, -0.25) is 9.59 Å². The minimum Gasteiger partial charge on any atom is -0.497 e. The minimum atomic E-state index is -0.424. The van der Waals surface area contributed by atoms with Crippen molar-refractivity contribution in [2.45, 2.75) is 38.8 Å². The number of amides is 2. The Morgan fingerprint density at radius 3 is 2.29 bits per heavy atom. The summed E-state index contributed by atoms with van der Waals surface area (Å²) in [4.78, 5) is 30.3. The van der Waals surface area contributed by atoms with E-state index in [1.807, 2.05) is 28.0 Å². The van der Waals surface area contributed by atoms with Crippen molar-refractivity contribution in [2.75, 3.05) is 27.3 Å². The average molecular weight is 423 g/mol. The van der Waals surface area contributed by atoms with Gasteiger partial charge in [-0.05, 0) is 44.4 Å². The van der Waals surface area contributed by atoms with Gasteiger partial charge in [0.2, 0.25) is 5.91 Å². The van der Waals surface area contributed by atoms with Gasteiger partial charge >= 0.3 is 0 Å². The van der Waals surface area contributed by atoms with E-state index in [1.165, 1.54) is 5.56 Å². The second-order valence-electron chi connectivity index (χ2n) is 8.63. The summed E-state index contributed by atoms with van der Waals surface area (Å²) in [5, 5.41) is 0. The molecule has 2 aliphatic rings. The van der Waals surface area contributed by atoms with E-state index in [2.05, 4.69) is 26.0 Å². The maximum Gasteiger partial charge on any atom is 0.257 e. The van der Waals surface area contributed by atoms with Crippen molar-refractivity contribution in [1.29, 1.82) is 0 Å². The number of rotatable bonds is 5. The van der Waals surface area contributed by atoms with Crippen molar-refractivity contribution in [3.8, 4) is 11.5 Å². The van der Waals surface area contributed by atoms with Crippen LogP contribution >= 0.6 is 0 Å². The number of β-lactam (4-membered cyclic amide) rings is 1. The zero-order valence-corrected chi connectivity index (χ0v) is 18.6. The molecule has 1 spiro atoms. The Bertz CT molecular complexity index is 965. The second kappa shape index (κ2) is 8.25. The molecule has 2 amide bonds. The highest BCUT2D eigenvalue weighted by atomic mass is 16.5. The molecule has 2 fully saturated rings. The molecule has 0 N–H and O–H groups in total. The van der Waals surface area contributed by atoms with E-state index in [-0.39, 0.29) is 23.9 Å². The van der Waals surface area contributed by atoms with Gasteiger partial charge in [-0.2, -0.15) is 0 Å². The van der Waals surface area contributed by atoms with Gasteiger partial charge in [0.25, 0.3) is 5.91 Å². The third-order valence-electron chi connectivity index (χ3n) is 6.72. The Balaban J connectivity index is 1.55. The molecule has 31 heavy (non-hydrogen) atoms. The highest BCUT2D eigenvalue weighted by Gasteiger charge is 2.62. The highest BCUT2D eigenvalue weighted by Crippen LogP contribution is 2.56. The second-order valence-corrected chi connectivity index (χ2v) is 8.63. The van der Waals surface area contributed by atoms with Crippen LogP contribution in [0.1, 0.15) is 48.7 Å². The summed E-state index contributed by atoms with van der Waals surface area (Å²) in [6.45, 7) is 5.23. The molecule has 2 aromatic carbocycles. The van der Waals surface area contributed by atoms with E-state index >= 15 is 0 Å². The summed E-state index contributed by atoms with van der Waals surface area (Å²) in [6, 6.07) is 15.7. The van der Waals surface area contributed by atoms with Crippen LogP contribution in [0.25, 0.3) is 0 Å². The summed E-state index contributed by atoms with van der Waals surface area (Å²) in [5.41, 5.74) is 1.27. The topological polar surface area (TPSA) is 59.1 Å². The van der Waals surface area contributed by atoms with Crippen molar-refractivity contribution in [1.82, 2.24) is 9.80 Å². The predicted molar refractivity (Wildman–Crippen MR) is 118 cm³/mol. The zero-order valence-electron chi connectivity index (χ0n) is 18.6. The molecule has 164 valence electrons. The Kier molecular flexibility index (Phi) is 5.65. The van der Waals surface area contributed by atoms with Crippen LogP contribution < -0.4 is 9.47 Å². The lowest BCUT2D eigenvalue weighted by molar-refractivity contribution is -0.184. The first kappa shape index (κ1) is 21.2. The van der Waals surface area contributed by atoms with Crippen molar-refractivity contribution >= 4 is 11.8 Å². The van der Waals surface area contributed by atoms with Crippen molar-refractivity contribution < 1.29 is 19.1 Å². The van der Waals surface area contributed by atoms with Gasteiger partial charge in [0.1, 0.15) is 11.5 Å². The molecule has 1 atom stereocenters. The minimum absolute atomic E-state index is 0.0639. The quantitative estimate of drug-likeness (QED) is 0.686. The van der Waals surface area contributed by atoms with Crippen LogP contribution in [0.2, 0.25) is 0 Å². The number of ether oxygens (including phenoxy) is 2. The first-order valence-corrected chi connectivity index (χ1v) is 10.8. The summed E-state index contributed by atoms with van der Waals surface area (Å²) < 4.78 is 10.7. The lowest BCUT2D eigenvalue weighted by Crippen LogP contribution is -2.68. The molecule has 2 saturated heterocycles. The van der Waals surface area contributed by atoms with Gasteiger partial charge in [-0.1, -0.05) is 30.3 Å². The molecule has 0 saturated carbocycles. The molecule has 2 aromatic rings. The summed E-state index contributed by atoms with van der Waals surface area (Å²) in [6.07, 6.45) is 1.33. The van der Waals surface area contributed by atoms with Gasteiger partial charge in [0.15, 0.2) is 0 Å². The lowest BCUT2D eigenvalue weighted by atomic mass is 9.61. The van der Waals surface area contributed by atoms with Gasteiger partial charge in [-0.15, -0.1) is 0 Å². The zero-order chi connectivity index (χ0) is 22.2. The van der Waals surface area contributed by atoms with E-state index in [0.717, 1.165) is 0 Å². The van der Waals surface area contributed by atoms with Crippen LogP contribution in [0, 0.1) is 5.41 Å². The average Bonchev–Trinajstić information content (AvgIpc) is 2.81. The van der Waals surface area contributed by atoms with Gasteiger partial charge in [-0.25, -0.2) is 0 Å². The number of nitrogens with zero attached hydrogens (tertiary/aromatic N) is 2. The van der Waals surface area contributed by atoms with Crippen LogP contribution in [0.4, 0.5) is 0 Å². The molecule has 2 aliphatic heterocycles. The molecule has 0 aromatic heterocycles.